The third-order valence-electron chi connectivity index (χ3n) is 8.30. The number of nitrogens with zero attached hydrogens (tertiary/aromatic N) is 3. The van der Waals surface area contributed by atoms with Gasteiger partial charge in [-0.1, -0.05) is 91.0 Å². The van der Waals surface area contributed by atoms with Crippen molar-refractivity contribution in [2.24, 2.45) is 0 Å². The van der Waals surface area contributed by atoms with Gasteiger partial charge < -0.3 is 31.9 Å². The van der Waals surface area contributed by atoms with E-state index in [9.17, 15) is 9.90 Å². The second-order valence-corrected chi connectivity index (χ2v) is 12.6. The molecule has 2 fully saturated rings. The Bertz CT molecular complexity index is 1420. The van der Waals surface area contributed by atoms with Crippen LogP contribution in [0.5, 0.6) is 0 Å². The quantitative estimate of drug-likeness (QED) is 0.213. The number of carbonyl (C=O) groups excluding carboxylic acids is 1. The number of aliphatic hydroxyl groups is 1. The molecule has 4 aromatic rings. The highest BCUT2D eigenvalue weighted by Crippen LogP contribution is 2.41. The zero-order chi connectivity index (χ0) is 32.1. The van der Waals surface area contributed by atoms with Crippen molar-refractivity contribution in [2.45, 2.75) is 43.9 Å². The number of amides is 1. The van der Waals surface area contributed by atoms with Crippen molar-refractivity contribution >= 4 is 58.0 Å². The van der Waals surface area contributed by atoms with Gasteiger partial charge in [0.1, 0.15) is 11.2 Å². The summed E-state index contributed by atoms with van der Waals surface area (Å²) < 4.78 is 2.10. The molecule has 3 heterocycles. The summed E-state index contributed by atoms with van der Waals surface area (Å²) in [5.74, 6) is -0.00732. The normalized spacial score (nSPS) is 15.6. The first kappa shape index (κ1) is 38.1. The molecule has 0 unspecified atom stereocenters. The van der Waals surface area contributed by atoms with Gasteiger partial charge in [0.15, 0.2) is 18.9 Å². The average molecular weight is 768 g/mol. The largest absolute Gasteiger partial charge is 1.00 e. The van der Waals surface area contributed by atoms with Gasteiger partial charge in [-0.2, -0.15) is 4.57 Å². The molecule has 0 spiro atoms. The number of likely N-dealkylation sites (tertiary alicyclic amines) is 1. The summed E-state index contributed by atoms with van der Waals surface area (Å²) >= 11 is 19.1. The Hall–Kier alpha value is -2.32. The smallest absolute Gasteiger partial charge is 0.262 e. The van der Waals surface area contributed by atoms with Gasteiger partial charge in [0.2, 0.25) is 0 Å². The number of alkyl halides is 4. The number of halogens is 5. The van der Waals surface area contributed by atoms with Crippen LogP contribution in [0, 0.1) is 0 Å². The van der Waals surface area contributed by atoms with Crippen LogP contribution in [-0.4, -0.2) is 52.3 Å². The summed E-state index contributed by atoms with van der Waals surface area (Å²) in [4.78, 5) is 18.8. The second kappa shape index (κ2) is 19.5. The highest BCUT2D eigenvalue weighted by molar-refractivity contribution is 6.41. The van der Waals surface area contributed by atoms with Gasteiger partial charge in [-0.3, -0.25) is 4.79 Å². The van der Waals surface area contributed by atoms with Gasteiger partial charge in [-0.05, 0) is 36.8 Å². The summed E-state index contributed by atoms with van der Waals surface area (Å²) in [6.45, 7) is 3.25. The maximum atomic E-state index is 14.5. The zero-order valence-corrected chi connectivity index (χ0v) is 30.2. The lowest BCUT2D eigenvalue weighted by atomic mass is 9.79. The van der Waals surface area contributed by atoms with Crippen molar-refractivity contribution in [1.29, 1.82) is 0 Å². The molecule has 2 aliphatic heterocycles. The van der Waals surface area contributed by atoms with Crippen molar-refractivity contribution < 1.29 is 31.4 Å². The molecule has 2 aliphatic rings. The van der Waals surface area contributed by atoms with Crippen LogP contribution in [0.1, 0.15) is 52.7 Å². The minimum atomic E-state index is -1.31. The molecule has 0 saturated carbocycles. The molecule has 1 N–H and O–H groups in total. The first-order valence-electron chi connectivity index (χ1n) is 15.2. The molecule has 6 rings (SSSR count). The number of rotatable bonds is 7. The number of anilines is 1. The Labute approximate surface area is 303 Å². The predicted molar refractivity (Wildman–Crippen MR) is 187 cm³/mol. The van der Waals surface area contributed by atoms with E-state index in [1.54, 1.807) is 0 Å². The maximum Gasteiger partial charge on any atom is 0.262 e. The topological polar surface area (TPSA) is 47.7 Å². The average Bonchev–Trinajstić information content (AvgIpc) is 3.80. The molecule has 0 radical (unpaired) electrons. The van der Waals surface area contributed by atoms with E-state index in [1.807, 2.05) is 90.0 Å². The fraction of sp³-hybridized carbons (Fsp3) is 0.333. The Morgan fingerprint density at radius 1 is 0.761 bits per heavy atom. The van der Waals surface area contributed by atoms with E-state index < -0.39 is 5.60 Å². The number of pyridine rings is 1. The van der Waals surface area contributed by atoms with Crippen LogP contribution in [-0.2, 0) is 12.1 Å². The molecule has 1 amide bonds. The minimum Gasteiger partial charge on any atom is -1.00 e. The number of hydrogen-bond donors (Lipinski definition) is 1. The van der Waals surface area contributed by atoms with Crippen molar-refractivity contribution in [3.05, 3.63) is 132 Å². The van der Waals surface area contributed by atoms with E-state index >= 15 is 0 Å². The first-order valence-corrected chi connectivity index (χ1v) is 17.3. The van der Waals surface area contributed by atoms with E-state index in [4.69, 9.17) is 46.4 Å². The molecular formula is C36H40BrCl4N3O2. The van der Waals surface area contributed by atoms with E-state index in [2.05, 4.69) is 33.9 Å². The SMILES string of the molecule is ClCCl.ClCCl.O=C(c1c[n+](Cc2ccccc2)ccc1N1CCCC1)N1CCC[C@H]1C(O)(c1ccccc1)c1ccccc1.[Br-]. The summed E-state index contributed by atoms with van der Waals surface area (Å²) in [5, 5.41) is 12.9. The van der Waals surface area contributed by atoms with E-state index in [0.29, 0.717) is 18.7 Å². The first-order chi connectivity index (χ1) is 22.0. The Morgan fingerprint density at radius 3 is 1.78 bits per heavy atom. The van der Waals surface area contributed by atoms with Crippen molar-refractivity contribution in [2.75, 3.05) is 35.2 Å². The van der Waals surface area contributed by atoms with Crippen LogP contribution in [0.3, 0.4) is 0 Å². The lowest BCUT2D eigenvalue weighted by Crippen LogP contribution is -3.00. The van der Waals surface area contributed by atoms with Gasteiger partial charge in [0.05, 0.1) is 22.4 Å². The third kappa shape index (κ3) is 9.40. The molecule has 2 saturated heterocycles. The van der Waals surface area contributed by atoms with Gasteiger partial charge >= 0.3 is 0 Å². The lowest BCUT2D eigenvalue weighted by Gasteiger charge is -2.40. The Balaban J connectivity index is 0.000000765. The summed E-state index contributed by atoms with van der Waals surface area (Å²) in [5.41, 5.74) is 3.22. The zero-order valence-electron chi connectivity index (χ0n) is 25.6. The molecule has 3 aromatic carbocycles. The number of carbonyl (C=O) groups is 1. The maximum absolute atomic E-state index is 14.5. The van der Waals surface area contributed by atoms with E-state index in [0.717, 1.165) is 55.6 Å². The molecule has 1 atom stereocenters. The molecule has 46 heavy (non-hydrogen) atoms. The highest BCUT2D eigenvalue weighted by atomic mass is 79.9. The van der Waals surface area contributed by atoms with E-state index in [1.165, 1.54) is 5.56 Å². The van der Waals surface area contributed by atoms with Gasteiger partial charge in [-0.25, -0.2) is 0 Å². The monoisotopic (exact) mass is 765 g/mol. The number of benzene rings is 3. The Kier molecular flexibility index (Phi) is 16.2. The van der Waals surface area contributed by atoms with Crippen LogP contribution in [0.25, 0.3) is 0 Å². The van der Waals surface area contributed by atoms with Crippen LogP contribution < -0.4 is 26.4 Å². The van der Waals surface area contributed by atoms with Crippen molar-refractivity contribution in [3.63, 3.8) is 0 Å². The van der Waals surface area contributed by atoms with Crippen LogP contribution in [0.4, 0.5) is 5.69 Å². The van der Waals surface area contributed by atoms with E-state index in [-0.39, 0.29) is 39.6 Å². The third-order valence-corrected chi connectivity index (χ3v) is 8.30. The molecule has 246 valence electrons. The fourth-order valence-corrected chi connectivity index (χ4v) is 6.36. The molecule has 1 aromatic heterocycles. The fourth-order valence-electron chi connectivity index (χ4n) is 6.36. The summed E-state index contributed by atoms with van der Waals surface area (Å²) in [6, 6.07) is 31.7. The van der Waals surface area contributed by atoms with Crippen molar-refractivity contribution in [1.82, 2.24) is 4.90 Å². The molecule has 5 nitrogen and oxygen atoms in total. The Morgan fingerprint density at radius 2 is 1.26 bits per heavy atom. The van der Waals surface area contributed by atoms with Crippen LogP contribution in [0.2, 0.25) is 0 Å². The van der Waals surface area contributed by atoms with Crippen LogP contribution >= 0.6 is 46.4 Å². The van der Waals surface area contributed by atoms with Crippen LogP contribution in [0.15, 0.2) is 109 Å². The predicted octanol–water partition coefficient (Wildman–Crippen LogP) is 5.01. The minimum absolute atomic E-state index is 0. The molecular weight excluding hydrogens is 728 g/mol. The standard InChI is InChI=1S/C34H36N3O2.2CH2Cl2.BrH/c38-33(30-26-35(25-27-13-4-1-5-14-27)24-20-31(30)36-21-10-11-22-36)37-23-12-19-32(37)34(39,28-15-6-2-7-16-28)29-17-8-3-9-18-29;2*2-1-3;/h1-9,13-18,20,24,26,32,39H,10-12,19,21-23,25H2;2*1H2;1H/q+1;;;/p-1/t32-;;;/m0.../s1. The molecule has 0 aliphatic carbocycles. The van der Waals surface area contributed by atoms with Gasteiger partial charge in [0, 0.05) is 31.3 Å². The number of hydrogen-bond acceptors (Lipinski definition) is 3. The molecule has 10 heteroatoms. The summed E-state index contributed by atoms with van der Waals surface area (Å²) in [6.07, 6.45) is 7.98. The lowest BCUT2D eigenvalue weighted by molar-refractivity contribution is -0.688. The summed E-state index contributed by atoms with van der Waals surface area (Å²) in [7, 11) is 0. The molecule has 0 bridgehead atoms. The van der Waals surface area contributed by atoms with Gasteiger partial charge in [-0.15, -0.1) is 46.4 Å². The number of aromatic nitrogens is 1. The second-order valence-electron chi connectivity index (χ2n) is 11.0. The van der Waals surface area contributed by atoms with Crippen molar-refractivity contribution in [3.8, 4) is 0 Å². The van der Waals surface area contributed by atoms with Gasteiger partial charge in [0.25, 0.3) is 5.91 Å². The highest BCUT2D eigenvalue weighted by Gasteiger charge is 2.48.